The maximum absolute atomic E-state index is 13.7. The zero-order valence-corrected chi connectivity index (χ0v) is 32.8. The molecule has 0 saturated heterocycles. The number of benzene rings is 2. The number of methoxy groups -OCH3 is 1. The van der Waals surface area contributed by atoms with Gasteiger partial charge in [-0.15, -0.1) is 0 Å². The summed E-state index contributed by atoms with van der Waals surface area (Å²) in [6.07, 6.45) is 4.07. The van der Waals surface area contributed by atoms with E-state index in [0.29, 0.717) is 70.9 Å². The zero-order chi connectivity index (χ0) is 41.8. The molecule has 58 heavy (non-hydrogen) atoms. The zero-order valence-electron chi connectivity index (χ0n) is 32.8. The Kier molecular flexibility index (Phi) is 11.8. The third-order valence-corrected chi connectivity index (χ3v) is 9.40. The Hall–Kier alpha value is -7.22. The second kappa shape index (κ2) is 16.9. The number of hydrogen-bond acceptors (Lipinski definition) is 12. The Bertz CT molecular complexity index is 2590. The lowest BCUT2D eigenvalue weighted by Crippen LogP contribution is -2.21. The van der Waals surface area contributed by atoms with E-state index in [1.165, 1.54) is 23.9 Å². The third kappa shape index (κ3) is 7.89. The van der Waals surface area contributed by atoms with E-state index in [1.54, 1.807) is 45.9 Å². The van der Waals surface area contributed by atoms with Crippen LogP contribution < -0.4 is 37.9 Å². The van der Waals surface area contributed by atoms with Crippen LogP contribution in [-0.4, -0.2) is 87.7 Å². The van der Waals surface area contributed by atoms with Crippen LogP contribution in [-0.2, 0) is 26.2 Å². The van der Waals surface area contributed by atoms with Crippen LogP contribution in [0.15, 0.2) is 42.5 Å². The molecule has 6 rings (SSSR count). The van der Waals surface area contributed by atoms with E-state index in [-0.39, 0.29) is 59.9 Å². The number of primary amides is 2. The van der Waals surface area contributed by atoms with Crippen molar-refractivity contribution in [2.24, 2.45) is 11.5 Å². The van der Waals surface area contributed by atoms with Crippen molar-refractivity contribution in [2.75, 3.05) is 41.9 Å². The Morgan fingerprint density at radius 3 is 1.98 bits per heavy atom. The smallest absolute Gasteiger partial charge is 0.278 e. The lowest BCUT2D eigenvalue weighted by Gasteiger charge is -2.13. The van der Waals surface area contributed by atoms with Crippen molar-refractivity contribution in [3.8, 4) is 5.75 Å². The summed E-state index contributed by atoms with van der Waals surface area (Å²) in [5.74, 6) is -1.74. The molecule has 0 saturated carbocycles. The number of nitrogen functional groups attached to an aromatic ring is 1. The van der Waals surface area contributed by atoms with Crippen LogP contribution in [0.5, 0.6) is 5.75 Å². The molecule has 10 N–H and O–H groups in total. The fourth-order valence-electron chi connectivity index (χ4n) is 6.64. The number of hydrogen-bond donors (Lipinski definition) is 7. The van der Waals surface area contributed by atoms with Crippen molar-refractivity contribution in [1.82, 2.24) is 38.7 Å². The van der Waals surface area contributed by atoms with Gasteiger partial charge < -0.3 is 41.5 Å². The number of nitrogens with zero attached hydrogens (tertiary/aromatic N) is 8. The van der Waals surface area contributed by atoms with E-state index in [9.17, 15) is 24.3 Å². The molecule has 0 fully saturated rings. The summed E-state index contributed by atoms with van der Waals surface area (Å²) < 4.78 is 12.2. The fraction of sp³-hybridized carbons (Fsp3) is 0.316. The van der Waals surface area contributed by atoms with Gasteiger partial charge in [0.05, 0.1) is 46.4 Å². The maximum Gasteiger partial charge on any atom is 0.278 e. The van der Waals surface area contributed by atoms with Crippen LogP contribution in [0.25, 0.3) is 22.1 Å². The number of carbonyl (C=O) groups is 4. The summed E-state index contributed by atoms with van der Waals surface area (Å²) in [6, 6.07) is 7.83. The predicted octanol–water partition coefficient (Wildman–Crippen LogP) is 2.78. The van der Waals surface area contributed by atoms with Gasteiger partial charge in [-0.05, 0) is 64.4 Å². The number of aliphatic hydroxyl groups excluding tert-OH is 1. The number of aromatic nitrogens is 8. The number of fused-ring (bicyclic) bond motifs is 2. The molecule has 304 valence electrons. The number of carbonyl (C=O) groups excluding carboxylic acids is 4. The van der Waals surface area contributed by atoms with E-state index in [0.717, 1.165) is 0 Å². The number of allylic oxidation sites excluding steroid dienone is 2. The number of nitrogens with one attached hydrogen (secondary N) is 3. The molecule has 20 nitrogen and oxygen atoms in total. The summed E-state index contributed by atoms with van der Waals surface area (Å²) in [4.78, 5) is 61.3. The van der Waals surface area contributed by atoms with Crippen molar-refractivity contribution >= 4 is 69.0 Å². The van der Waals surface area contributed by atoms with Gasteiger partial charge in [0.2, 0.25) is 23.7 Å². The summed E-state index contributed by atoms with van der Waals surface area (Å²) in [6.45, 7) is 8.68. The monoisotopic (exact) mass is 794 g/mol. The Balaban J connectivity index is 1.42. The van der Waals surface area contributed by atoms with Crippen molar-refractivity contribution in [2.45, 2.75) is 60.3 Å². The molecule has 0 aliphatic rings. The second-order valence-electron chi connectivity index (χ2n) is 13.3. The van der Waals surface area contributed by atoms with Gasteiger partial charge in [0, 0.05) is 50.5 Å². The molecule has 4 aromatic heterocycles. The molecule has 6 aromatic rings. The highest BCUT2D eigenvalue weighted by Crippen LogP contribution is 2.32. The molecular formula is C38H46N14O6. The average molecular weight is 795 g/mol. The van der Waals surface area contributed by atoms with Crippen LogP contribution in [0.4, 0.5) is 23.3 Å². The van der Waals surface area contributed by atoms with E-state index in [4.69, 9.17) is 26.9 Å². The van der Waals surface area contributed by atoms with Crippen LogP contribution in [0.3, 0.4) is 0 Å². The van der Waals surface area contributed by atoms with E-state index < -0.39 is 23.6 Å². The number of rotatable bonds is 17. The number of nitrogens with two attached hydrogens (primary N) is 3. The lowest BCUT2D eigenvalue weighted by atomic mass is 10.1. The summed E-state index contributed by atoms with van der Waals surface area (Å²) in [5, 5.41) is 27.3. The van der Waals surface area contributed by atoms with E-state index in [1.807, 2.05) is 26.0 Å². The van der Waals surface area contributed by atoms with E-state index >= 15 is 0 Å². The first kappa shape index (κ1) is 40.4. The van der Waals surface area contributed by atoms with Gasteiger partial charge in [-0.2, -0.15) is 10.2 Å². The molecule has 4 amide bonds. The predicted molar refractivity (Wildman–Crippen MR) is 218 cm³/mol. The van der Waals surface area contributed by atoms with Gasteiger partial charge in [0.1, 0.15) is 22.7 Å². The molecule has 0 aliphatic carbocycles. The maximum atomic E-state index is 13.7. The molecule has 2 aromatic carbocycles. The van der Waals surface area contributed by atoms with Crippen LogP contribution >= 0.6 is 0 Å². The van der Waals surface area contributed by atoms with Crippen LogP contribution in [0, 0.1) is 13.8 Å². The normalized spacial score (nSPS) is 11.5. The summed E-state index contributed by atoms with van der Waals surface area (Å²) >= 11 is 0. The summed E-state index contributed by atoms with van der Waals surface area (Å²) in [7, 11) is 1.44. The molecule has 0 unspecified atom stereocenters. The van der Waals surface area contributed by atoms with Crippen molar-refractivity contribution in [3.05, 3.63) is 76.4 Å². The van der Waals surface area contributed by atoms with Crippen molar-refractivity contribution < 1.29 is 29.0 Å². The topological polar surface area (TPSA) is 283 Å². The highest BCUT2D eigenvalue weighted by Gasteiger charge is 2.25. The Morgan fingerprint density at radius 1 is 0.810 bits per heavy atom. The minimum absolute atomic E-state index is 0.0608. The first-order chi connectivity index (χ1) is 27.8. The van der Waals surface area contributed by atoms with Crippen molar-refractivity contribution in [1.29, 1.82) is 0 Å². The minimum Gasteiger partial charge on any atom is -0.494 e. The highest BCUT2D eigenvalue weighted by molar-refractivity contribution is 6.08. The van der Waals surface area contributed by atoms with Gasteiger partial charge in [0.15, 0.2) is 0 Å². The highest BCUT2D eigenvalue weighted by atomic mass is 16.5. The molecule has 0 aliphatic heterocycles. The van der Waals surface area contributed by atoms with Crippen molar-refractivity contribution in [3.63, 3.8) is 0 Å². The average Bonchev–Trinajstić information content (AvgIpc) is 3.93. The largest absolute Gasteiger partial charge is 0.494 e. The van der Waals surface area contributed by atoms with Gasteiger partial charge in [-0.1, -0.05) is 12.2 Å². The fourth-order valence-corrected chi connectivity index (χ4v) is 6.64. The first-order valence-electron chi connectivity index (χ1n) is 18.5. The molecule has 20 heteroatoms. The van der Waals surface area contributed by atoms with E-state index in [2.05, 4.69) is 31.1 Å². The molecular weight excluding hydrogens is 749 g/mol. The molecule has 0 bridgehead atoms. The van der Waals surface area contributed by atoms with Gasteiger partial charge >= 0.3 is 0 Å². The molecule has 4 heterocycles. The Labute approximate surface area is 332 Å². The summed E-state index contributed by atoms with van der Waals surface area (Å²) in [5.41, 5.74) is 22.1. The number of imidazole rings is 2. The van der Waals surface area contributed by atoms with Gasteiger partial charge in [0.25, 0.3) is 11.8 Å². The number of ether oxygens (including phenoxy) is 1. The quantitative estimate of drug-likeness (QED) is 0.0519. The standard InChI is InChI=1S/C38H46N14O6/c1-6-51-27(15-20(3)47-51)35(56)45-37-43-25-17-22(33(40)54)16-24(42-11-10-14-53)30(25)49(37)12-8-9-13-50-31-26(18-23(34(41)55)19-28(31)58-5)44-38(50)46-36(57)32-29(39)21(4)48-52(32)7-2/h8-9,15-19,42,53H,6-7,10-14,39H2,1-5H3,(H2,40,54)(H2,41,55)(H,43,45,56)(H,44,46,57)/b9-8+. The van der Waals surface area contributed by atoms with Gasteiger partial charge in [-0.3, -0.25) is 39.2 Å². The minimum atomic E-state index is -0.687. The van der Waals surface area contributed by atoms with Crippen LogP contribution in [0.1, 0.15) is 73.3 Å². The number of amides is 4. The number of anilines is 4. The number of aryl methyl sites for hydroxylation is 4. The molecule has 0 atom stereocenters. The lowest BCUT2D eigenvalue weighted by molar-refractivity contribution is 0.0992. The van der Waals surface area contributed by atoms with Crippen LogP contribution in [0.2, 0.25) is 0 Å². The SMILES string of the molecule is CCn1nc(C)cc1C(=O)Nc1nc2cc(C(N)=O)cc(NCCCO)c2n1C/C=C/Cn1c(NC(=O)c2c(N)c(C)nn2CC)nc2cc(C(N)=O)cc(OC)c21. The third-order valence-electron chi connectivity index (χ3n) is 9.40. The first-order valence-corrected chi connectivity index (χ1v) is 18.5. The van der Waals surface area contributed by atoms with Gasteiger partial charge in [-0.25, -0.2) is 9.97 Å². The molecule has 0 radical (unpaired) electrons. The second-order valence-corrected chi connectivity index (χ2v) is 13.3. The number of aliphatic hydroxyl groups is 1. The molecule has 0 spiro atoms. The Morgan fingerprint density at radius 2 is 1.40 bits per heavy atom.